The maximum atomic E-state index is 13.9. The van der Waals surface area contributed by atoms with Crippen LogP contribution in [0.15, 0.2) is 60.0 Å². The van der Waals surface area contributed by atoms with Gasteiger partial charge in [-0.05, 0) is 47.8 Å². The van der Waals surface area contributed by atoms with Crippen LogP contribution in [0.4, 0.5) is 4.39 Å². The molecule has 25 heavy (non-hydrogen) atoms. The van der Waals surface area contributed by atoms with Crippen LogP contribution >= 0.6 is 11.3 Å². The first-order valence-corrected chi connectivity index (χ1v) is 8.31. The predicted molar refractivity (Wildman–Crippen MR) is 94.0 cm³/mol. The van der Waals surface area contributed by atoms with E-state index in [9.17, 15) is 4.39 Å². The van der Waals surface area contributed by atoms with Crippen molar-refractivity contribution in [2.45, 2.75) is 0 Å². The van der Waals surface area contributed by atoms with E-state index in [2.05, 4.69) is 16.0 Å². The zero-order valence-electron chi connectivity index (χ0n) is 12.8. The quantitative estimate of drug-likeness (QED) is 0.513. The second kappa shape index (κ2) is 6.30. The molecule has 0 spiro atoms. The van der Waals surface area contributed by atoms with Crippen LogP contribution in [0.25, 0.3) is 21.6 Å². The molecule has 0 aliphatic carbocycles. The SMILES string of the molecule is N#Cc1ccc(-c2nc(Oc3ccccc3F)c3sccc3n2)cc1. The van der Waals surface area contributed by atoms with Crippen molar-refractivity contribution in [1.82, 2.24) is 9.97 Å². The van der Waals surface area contributed by atoms with Gasteiger partial charge < -0.3 is 4.74 Å². The van der Waals surface area contributed by atoms with Crippen molar-refractivity contribution in [3.05, 3.63) is 71.4 Å². The average molecular weight is 347 g/mol. The van der Waals surface area contributed by atoms with Gasteiger partial charge in [0.15, 0.2) is 17.4 Å². The number of fused-ring (bicyclic) bond motifs is 1. The maximum Gasteiger partial charge on any atom is 0.241 e. The van der Waals surface area contributed by atoms with Crippen molar-refractivity contribution >= 4 is 21.6 Å². The van der Waals surface area contributed by atoms with E-state index in [-0.39, 0.29) is 5.75 Å². The average Bonchev–Trinajstić information content (AvgIpc) is 3.12. The topological polar surface area (TPSA) is 58.8 Å². The van der Waals surface area contributed by atoms with Crippen LogP contribution in [0.2, 0.25) is 0 Å². The van der Waals surface area contributed by atoms with E-state index < -0.39 is 5.82 Å². The fourth-order valence-electron chi connectivity index (χ4n) is 2.36. The van der Waals surface area contributed by atoms with Crippen LogP contribution in [-0.2, 0) is 0 Å². The van der Waals surface area contributed by atoms with Crippen molar-refractivity contribution in [3.63, 3.8) is 0 Å². The van der Waals surface area contributed by atoms with E-state index in [1.165, 1.54) is 17.4 Å². The summed E-state index contributed by atoms with van der Waals surface area (Å²) in [6.45, 7) is 0. The van der Waals surface area contributed by atoms with E-state index in [1.807, 2.05) is 11.4 Å². The Morgan fingerprint density at radius 2 is 1.80 bits per heavy atom. The smallest absolute Gasteiger partial charge is 0.241 e. The van der Waals surface area contributed by atoms with Gasteiger partial charge in [-0.15, -0.1) is 11.3 Å². The lowest BCUT2D eigenvalue weighted by Gasteiger charge is -2.08. The first kappa shape index (κ1) is 15.2. The number of hydrogen-bond acceptors (Lipinski definition) is 5. The molecule has 6 heteroatoms. The van der Waals surface area contributed by atoms with Crippen LogP contribution < -0.4 is 4.74 Å². The molecule has 4 aromatic rings. The summed E-state index contributed by atoms with van der Waals surface area (Å²) in [4.78, 5) is 8.99. The van der Waals surface area contributed by atoms with E-state index in [1.54, 1.807) is 42.5 Å². The normalized spacial score (nSPS) is 10.6. The van der Waals surface area contributed by atoms with E-state index in [0.717, 1.165) is 15.8 Å². The highest BCUT2D eigenvalue weighted by Crippen LogP contribution is 2.34. The molecular formula is C19H10FN3OS. The number of nitrogens with zero attached hydrogens (tertiary/aromatic N) is 3. The zero-order chi connectivity index (χ0) is 17.2. The second-order valence-corrected chi connectivity index (χ2v) is 6.13. The lowest BCUT2D eigenvalue weighted by Crippen LogP contribution is -1.95. The Labute approximate surface area is 146 Å². The molecule has 0 saturated carbocycles. The molecule has 0 fully saturated rings. The Balaban J connectivity index is 1.82. The van der Waals surface area contributed by atoms with Gasteiger partial charge in [0.1, 0.15) is 4.70 Å². The number of benzene rings is 2. The molecule has 0 radical (unpaired) electrons. The number of aromatic nitrogens is 2. The van der Waals surface area contributed by atoms with Gasteiger partial charge in [0.2, 0.25) is 5.88 Å². The van der Waals surface area contributed by atoms with Crippen LogP contribution in [0.3, 0.4) is 0 Å². The van der Waals surface area contributed by atoms with Crippen molar-refractivity contribution in [1.29, 1.82) is 5.26 Å². The number of halogens is 1. The lowest BCUT2D eigenvalue weighted by molar-refractivity contribution is 0.433. The Morgan fingerprint density at radius 1 is 1.00 bits per heavy atom. The van der Waals surface area contributed by atoms with Crippen molar-refractivity contribution in [3.8, 4) is 29.1 Å². The van der Waals surface area contributed by atoms with Crippen LogP contribution in [0.1, 0.15) is 5.56 Å². The zero-order valence-corrected chi connectivity index (χ0v) is 13.6. The third kappa shape index (κ3) is 2.93. The summed E-state index contributed by atoms with van der Waals surface area (Å²) >= 11 is 1.43. The van der Waals surface area contributed by atoms with Gasteiger partial charge in [-0.2, -0.15) is 10.2 Å². The van der Waals surface area contributed by atoms with Crippen LogP contribution in [-0.4, -0.2) is 9.97 Å². The number of para-hydroxylation sites is 1. The third-order valence-corrected chi connectivity index (χ3v) is 4.48. The highest BCUT2D eigenvalue weighted by molar-refractivity contribution is 7.17. The summed E-state index contributed by atoms with van der Waals surface area (Å²) in [5.41, 5.74) is 2.04. The minimum Gasteiger partial charge on any atom is -0.434 e. The summed E-state index contributed by atoms with van der Waals surface area (Å²) in [5, 5.41) is 10.8. The van der Waals surface area contributed by atoms with Crippen LogP contribution in [0.5, 0.6) is 11.6 Å². The fourth-order valence-corrected chi connectivity index (χ4v) is 3.12. The second-order valence-electron chi connectivity index (χ2n) is 5.21. The molecule has 0 saturated heterocycles. The standard InChI is InChI=1S/C19H10FN3OS/c20-14-3-1-2-4-16(14)24-19-17-15(9-10-25-17)22-18(23-19)13-7-5-12(11-21)6-8-13/h1-10H. The largest absolute Gasteiger partial charge is 0.434 e. The number of thiophene rings is 1. The van der Waals surface area contributed by atoms with Gasteiger partial charge in [0.05, 0.1) is 17.1 Å². The molecule has 0 aliphatic heterocycles. The first-order chi connectivity index (χ1) is 12.2. The maximum absolute atomic E-state index is 13.9. The molecule has 2 aromatic heterocycles. The Kier molecular flexibility index (Phi) is 3.84. The minimum absolute atomic E-state index is 0.113. The molecule has 0 N–H and O–H groups in total. The monoisotopic (exact) mass is 347 g/mol. The van der Waals surface area contributed by atoms with Gasteiger partial charge in [-0.25, -0.2) is 9.37 Å². The molecule has 4 nitrogen and oxygen atoms in total. The highest BCUT2D eigenvalue weighted by Gasteiger charge is 2.14. The Morgan fingerprint density at radius 3 is 2.56 bits per heavy atom. The van der Waals surface area contributed by atoms with Gasteiger partial charge in [0, 0.05) is 5.56 Å². The van der Waals surface area contributed by atoms with Gasteiger partial charge in [-0.3, -0.25) is 0 Å². The molecule has 0 amide bonds. The van der Waals surface area contributed by atoms with Crippen LogP contribution in [0, 0.1) is 17.1 Å². The summed E-state index contributed by atoms with van der Waals surface area (Å²) in [7, 11) is 0. The molecule has 0 bridgehead atoms. The van der Waals surface area contributed by atoms with Gasteiger partial charge in [-0.1, -0.05) is 12.1 Å². The van der Waals surface area contributed by atoms with Gasteiger partial charge in [0.25, 0.3) is 0 Å². The molecule has 0 aliphatic rings. The Bertz CT molecular complexity index is 1100. The fraction of sp³-hybridized carbons (Fsp3) is 0. The molecule has 2 heterocycles. The summed E-state index contributed by atoms with van der Waals surface area (Å²) in [6, 6.07) is 17.1. The molecule has 120 valence electrons. The molecule has 0 unspecified atom stereocenters. The van der Waals surface area contributed by atoms with E-state index in [4.69, 9.17) is 10.00 Å². The number of nitriles is 1. The van der Waals surface area contributed by atoms with Crippen molar-refractivity contribution in [2.75, 3.05) is 0 Å². The van der Waals surface area contributed by atoms with Gasteiger partial charge >= 0.3 is 0 Å². The predicted octanol–water partition coefficient (Wildman–Crippen LogP) is 5.16. The highest BCUT2D eigenvalue weighted by atomic mass is 32.1. The summed E-state index contributed by atoms with van der Waals surface area (Å²) < 4.78 is 20.4. The van der Waals surface area contributed by atoms with Crippen molar-refractivity contribution in [2.24, 2.45) is 0 Å². The molecule has 0 atom stereocenters. The van der Waals surface area contributed by atoms with E-state index in [0.29, 0.717) is 17.3 Å². The Hall–Kier alpha value is -3.30. The minimum atomic E-state index is -0.453. The first-order valence-electron chi connectivity index (χ1n) is 7.43. The third-order valence-electron chi connectivity index (χ3n) is 3.59. The molecular weight excluding hydrogens is 337 g/mol. The number of ether oxygens (including phenoxy) is 1. The molecule has 4 rings (SSSR count). The summed E-state index contributed by atoms with van der Waals surface area (Å²) in [5.74, 6) is 0.429. The number of rotatable bonds is 3. The number of hydrogen-bond donors (Lipinski definition) is 0. The molecule has 2 aromatic carbocycles. The summed E-state index contributed by atoms with van der Waals surface area (Å²) in [6.07, 6.45) is 0. The van der Waals surface area contributed by atoms with E-state index >= 15 is 0 Å². The lowest BCUT2D eigenvalue weighted by atomic mass is 10.1. The van der Waals surface area contributed by atoms with Crippen molar-refractivity contribution < 1.29 is 9.13 Å².